The lowest BCUT2D eigenvalue weighted by Gasteiger charge is -2.25. The van der Waals surface area contributed by atoms with Crippen LogP contribution >= 0.6 is 12.1 Å². The number of benzene rings is 2. The molecule has 0 atom stereocenters. The Kier molecular flexibility index (Phi) is 7.54. The van der Waals surface area contributed by atoms with Crippen molar-refractivity contribution in [3.8, 4) is 28.5 Å². The number of imidazole rings is 1. The molecule has 0 bridgehead atoms. The Bertz CT molecular complexity index is 1470. The summed E-state index contributed by atoms with van der Waals surface area (Å²) in [5.41, 5.74) is 6.67. The first-order valence-corrected chi connectivity index (χ1v) is 14.1. The molecule has 4 aromatic rings. The van der Waals surface area contributed by atoms with E-state index in [0.717, 1.165) is 51.0 Å². The van der Waals surface area contributed by atoms with E-state index in [-0.39, 0.29) is 10.8 Å². The van der Waals surface area contributed by atoms with Crippen LogP contribution in [-0.2, 0) is 15.6 Å². The lowest BCUT2D eigenvalue weighted by Crippen LogP contribution is -2.24. The third-order valence-electron chi connectivity index (χ3n) is 6.85. The van der Waals surface area contributed by atoms with Gasteiger partial charge in [-0.3, -0.25) is 4.57 Å². The van der Waals surface area contributed by atoms with Crippen LogP contribution in [0.15, 0.2) is 42.7 Å². The number of nitrogens with zero attached hydrogens (tertiary/aromatic N) is 5. The monoisotopic (exact) mass is 545 g/mol. The summed E-state index contributed by atoms with van der Waals surface area (Å²) in [6.07, 6.45) is 3.78. The van der Waals surface area contributed by atoms with Crippen molar-refractivity contribution < 1.29 is 3.89 Å². The Hall–Kier alpha value is -3.06. The Labute approximate surface area is 237 Å². The Morgan fingerprint density at radius 1 is 0.769 bits per heavy atom. The topological polar surface area (TPSA) is 56.5 Å². The van der Waals surface area contributed by atoms with Gasteiger partial charge in [0, 0.05) is 34.4 Å². The van der Waals surface area contributed by atoms with Crippen LogP contribution in [0.4, 0.5) is 3.89 Å². The third kappa shape index (κ3) is 5.79. The van der Waals surface area contributed by atoms with Crippen LogP contribution in [0.3, 0.4) is 0 Å². The van der Waals surface area contributed by atoms with Crippen LogP contribution in [0.1, 0.15) is 89.3 Å². The van der Waals surface area contributed by atoms with Crippen LogP contribution in [0, 0.1) is 20.8 Å². The maximum absolute atomic E-state index is 14.3. The number of aromatic nitrogens is 5. The molecule has 0 aliphatic heterocycles. The van der Waals surface area contributed by atoms with Gasteiger partial charge in [-0.1, -0.05) is 71.4 Å². The zero-order valence-electron chi connectivity index (χ0n) is 25.1. The van der Waals surface area contributed by atoms with Gasteiger partial charge in [-0.25, -0.2) is 19.9 Å². The average molecular weight is 546 g/mol. The fourth-order valence-corrected chi connectivity index (χ4v) is 5.11. The molecule has 2 aromatic heterocycles. The highest BCUT2D eigenvalue weighted by molar-refractivity contribution is 7.95. The van der Waals surface area contributed by atoms with Crippen molar-refractivity contribution in [2.75, 3.05) is 0 Å². The smallest absolute Gasteiger partial charge is 0.163 e. The lowest BCUT2D eigenvalue weighted by molar-refractivity contribution is 0.497. The summed E-state index contributed by atoms with van der Waals surface area (Å²) in [4.78, 5) is 19.5. The molecular formula is C32H40FN5S. The van der Waals surface area contributed by atoms with Crippen molar-refractivity contribution in [1.82, 2.24) is 24.5 Å². The van der Waals surface area contributed by atoms with Crippen molar-refractivity contribution in [2.24, 2.45) is 0 Å². The fourth-order valence-electron chi connectivity index (χ4n) is 4.85. The predicted octanol–water partition coefficient (Wildman–Crippen LogP) is 8.76. The normalized spacial score (nSPS) is 12.7. The minimum absolute atomic E-state index is 0.246. The fraction of sp³-hybridized carbons (Fsp3) is 0.438. The second-order valence-corrected chi connectivity index (χ2v) is 14.2. The van der Waals surface area contributed by atoms with Gasteiger partial charge < -0.3 is 0 Å². The molecule has 0 unspecified atom stereocenters. The molecule has 0 amide bonds. The van der Waals surface area contributed by atoms with Gasteiger partial charge in [0.25, 0.3) is 0 Å². The van der Waals surface area contributed by atoms with Gasteiger partial charge >= 0.3 is 0 Å². The zero-order chi connectivity index (χ0) is 28.9. The van der Waals surface area contributed by atoms with Crippen molar-refractivity contribution in [3.05, 3.63) is 76.6 Å². The van der Waals surface area contributed by atoms with Gasteiger partial charge in [-0.15, -0.1) is 0 Å². The highest BCUT2D eigenvalue weighted by Crippen LogP contribution is 2.43. The van der Waals surface area contributed by atoms with E-state index >= 15 is 0 Å². The van der Waals surface area contributed by atoms with E-state index in [4.69, 9.17) is 19.9 Å². The molecule has 0 radical (unpaired) electrons. The number of hydrogen-bond acceptors (Lipinski definition) is 5. The summed E-state index contributed by atoms with van der Waals surface area (Å²) < 4.78 is 15.7. The van der Waals surface area contributed by atoms with E-state index < -0.39 is 4.75 Å². The van der Waals surface area contributed by atoms with E-state index in [9.17, 15) is 3.89 Å². The highest BCUT2D eigenvalue weighted by atomic mass is 32.2. The van der Waals surface area contributed by atoms with Gasteiger partial charge in [0.1, 0.15) is 17.5 Å². The van der Waals surface area contributed by atoms with Crippen LogP contribution in [0.2, 0.25) is 0 Å². The SMILES string of the molecule is Cc1cc(C)c(-n2ccnc2-c2cc(-c3nc(C(C)(C)C)nc(C(C)(C)C)n3)ccc2C(C)(C)SF)c(C)c1. The summed E-state index contributed by atoms with van der Waals surface area (Å²) in [7, 11) is 0. The summed E-state index contributed by atoms with van der Waals surface area (Å²) in [6.45, 7) is 22.8. The Morgan fingerprint density at radius 3 is 1.85 bits per heavy atom. The third-order valence-corrected chi connectivity index (χ3v) is 7.46. The summed E-state index contributed by atoms with van der Waals surface area (Å²) >= 11 is 0.337. The maximum atomic E-state index is 14.3. The van der Waals surface area contributed by atoms with Crippen molar-refractivity contribution >= 4 is 12.1 Å². The molecule has 4 rings (SSSR count). The Balaban J connectivity index is 2.01. The predicted molar refractivity (Wildman–Crippen MR) is 161 cm³/mol. The average Bonchev–Trinajstić information content (AvgIpc) is 3.31. The van der Waals surface area contributed by atoms with Crippen LogP contribution < -0.4 is 0 Å². The first-order chi connectivity index (χ1) is 18.0. The van der Waals surface area contributed by atoms with Gasteiger partial charge in [-0.2, -0.15) is 3.89 Å². The van der Waals surface area contributed by atoms with Crippen LogP contribution in [-0.4, -0.2) is 24.5 Å². The molecule has 5 nitrogen and oxygen atoms in total. The molecular weight excluding hydrogens is 505 g/mol. The first-order valence-electron chi connectivity index (χ1n) is 13.4. The minimum Gasteiger partial charge on any atom is -0.299 e. The molecule has 0 N–H and O–H groups in total. The lowest BCUT2D eigenvalue weighted by atomic mass is 9.92. The second-order valence-electron chi connectivity index (χ2n) is 13.0. The van der Waals surface area contributed by atoms with Crippen LogP contribution in [0.5, 0.6) is 0 Å². The molecule has 0 aliphatic rings. The largest absolute Gasteiger partial charge is 0.299 e. The van der Waals surface area contributed by atoms with Crippen molar-refractivity contribution in [3.63, 3.8) is 0 Å². The van der Waals surface area contributed by atoms with Gasteiger partial charge in [-0.05, 0) is 57.4 Å². The van der Waals surface area contributed by atoms with E-state index in [1.807, 2.05) is 32.2 Å². The second kappa shape index (κ2) is 10.2. The molecule has 7 heteroatoms. The molecule has 0 saturated carbocycles. The standard InChI is InChI=1S/C32H40FN5S/c1-19-16-20(2)25(21(3)17-19)38-15-14-34-27(38)23-18-22(12-13-24(23)32(10,11)39-33)26-35-28(30(4,5)6)37-29(36-26)31(7,8)9/h12-18H,1-11H3. The Morgan fingerprint density at radius 2 is 1.33 bits per heavy atom. The first kappa shape index (κ1) is 28.9. The van der Waals surface area contributed by atoms with Gasteiger partial charge in [0.05, 0.1) is 22.6 Å². The molecule has 206 valence electrons. The zero-order valence-corrected chi connectivity index (χ0v) is 25.9. The number of hydrogen-bond donors (Lipinski definition) is 0. The molecule has 39 heavy (non-hydrogen) atoms. The molecule has 2 aromatic carbocycles. The van der Waals surface area contributed by atoms with Crippen molar-refractivity contribution in [1.29, 1.82) is 0 Å². The van der Waals surface area contributed by atoms with Gasteiger partial charge in [0.2, 0.25) is 0 Å². The quantitative estimate of drug-likeness (QED) is 0.251. The molecule has 0 saturated heterocycles. The molecule has 0 spiro atoms. The molecule has 2 heterocycles. The van der Waals surface area contributed by atoms with E-state index in [1.165, 1.54) is 5.56 Å². The summed E-state index contributed by atoms with van der Waals surface area (Å²) in [6, 6.07) is 10.4. The van der Waals surface area contributed by atoms with Crippen LogP contribution in [0.25, 0.3) is 28.5 Å². The summed E-state index contributed by atoms with van der Waals surface area (Å²) in [5, 5.41) is 0. The number of aryl methyl sites for hydroxylation is 3. The minimum atomic E-state index is -0.783. The van der Waals surface area contributed by atoms with Crippen molar-refractivity contribution in [2.45, 2.75) is 91.7 Å². The van der Waals surface area contributed by atoms with E-state index in [2.05, 4.69) is 85.1 Å². The summed E-state index contributed by atoms with van der Waals surface area (Å²) in [5.74, 6) is 2.86. The number of halogens is 1. The molecule has 0 fully saturated rings. The highest BCUT2D eigenvalue weighted by Gasteiger charge is 2.30. The number of rotatable bonds is 5. The van der Waals surface area contributed by atoms with Gasteiger partial charge in [0.15, 0.2) is 5.82 Å². The maximum Gasteiger partial charge on any atom is 0.163 e. The van der Waals surface area contributed by atoms with E-state index in [0.29, 0.717) is 18.0 Å². The molecule has 0 aliphatic carbocycles. The van der Waals surface area contributed by atoms with E-state index in [1.54, 1.807) is 6.20 Å².